The van der Waals surface area contributed by atoms with Gasteiger partial charge in [-0.15, -0.1) is 5.10 Å². The van der Waals surface area contributed by atoms with Crippen LogP contribution >= 0.6 is 11.6 Å². The largest absolute Gasteiger partial charge is 0.372 e. The Morgan fingerprint density at radius 2 is 2.12 bits per heavy atom. The van der Waals surface area contributed by atoms with Crippen molar-refractivity contribution in [1.82, 2.24) is 15.1 Å². The van der Waals surface area contributed by atoms with Gasteiger partial charge in [-0.3, -0.25) is 4.79 Å². The first-order valence-corrected chi connectivity index (χ1v) is 8.59. The molecule has 0 radical (unpaired) electrons. The maximum Gasteiger partial charge on any atom is 0.255 e. The molecule has 1 fully saturated rings. The van der Waals surface area contributed by atoms with E-state index in [-0.39, 0.29) is 5.91 Å². The summed E-state index contributed by atoms with van der Waals surface area (Å²) in [5.41, 5.74) is 1.55. The van der Waals surface area contributed by atoms with Crippen LogP contribution in [0.1, 0.15) is 28.9 Å². The molecule has 1 aromatic heterocycles. The van der Waals surface area contributed by atoms with Crippen molar-refractivity contribution in [3.8, 4) is 0 Å². The van der Waals surface area contributed by atoms with E-state index >= 15 is 0 Å². The van der Waals surface area contributed by atoms with E-state index in [1.807, 2.05) is 36.2 Å². The Morgan fingerprint density at radius 3 is 2.83 bits per heavy atom. The lowest BCUT2D eigenvalue weighted by Gasteiger charge is -2.33. The maximum atomic E-state index is 12.7. The van der Waals surface area contributed by atoms with Crippen LogP contribution in [0.3, 0.4) is 0 Å². The Kier molecular flexibility index (Phi) is 5.30. The first-order valence-electron chi connectivity index (χ1n) is 8.21. The van der Waals surface area contributed by atoms with Gasteiger partial charge >= 0.3 is 0 Å². The third-order valence-corrected chi connectivity index (χ3v) is 4.71. The molecular formula is C18H21ClN4O. The Morgan fingerprint density at radius 1 is 1.29 bits per heavy atom. The lowest BCUT2D eigenvalue weighted by Crippen LogP contribution is -2.40. The van der Waals surface area contributed by atoms with Gasteiger partial charge in [0.05, 0.1) is 16.3 Å². The van der Waals surface area contributed by atoms with Crippen LogP contribution in [0.25, 0.3) is 0 Å². The van der Waals surface area contributed by atoms with Gasteiger partial charge in [-0.1, -0.05) is 23.7 Å². The number of aromatic nitrogens is 2. The second-order valence-corrected chi connectivity index (χ2v) is 6.51. The van der Waals surface area contributed by atoms with E-state index in [0.717, 1.165) is 43.9 Å². The zero-order valence-electron chi connectivity index (χ0n) is 13.7. The van der Waals surface area contributed by atoms with E-state index < -0.39 is 0 Å². The highest BCUT2D eigenvalue weighted by Crippen LogP contribution is 2.24. The van der Waals surface area contributed by atoms with Crippen LogP contribution in [-0.2, 0) is 6.42 Å². The van der Waals surface area contributed by atoms with Crippen LogP contribution in [0.4, 0.5) is 5.82 Å². The fourth-order valence-electron chi connectivity index (χ4n) is 3.12. The highest BCUT2D eigenvalue weighted by atomic mass is 35.5. The number of halogens is 1. The molecule has 126 valence electrons. The summed E-state index contributed by atoms with van der Waals surface area (Å²) in [4.78, 5) is 14.6. The van der Waals surface area contributed by atoms with Gasteiger partial charge in [0.1, 0.15) is 5.82 Å². The van der Waals surface area contributed by atoms with Crippen molar-refractivity contribution in [2.45, 2.75) is 19.3 Å². The third kappa shape index (κ3) is 3.85. The molecule has 5 nitrogen and oxygen atoms in total. The van der Waals surface area contributed by atoms with Crippen molar-refractivity contribution in [1.29, 1.82) is 0 Å². The number of piperidine rings is 1. The Hall–Kier alpha value is -2.14. The molecule has 0 saturated carbocycles. The van der Waals surface area contributed by atoms with Gasteiger partial charge in [0, 0.05) is 20.1 Å². The van der Waals surface area contributed by atoms with Crippen LogP contribution < -0.4 is 5.32 Å². The second kappa shape index (κ2) is 7.62. The summed E-state index contributed by atoms with van der Waals surface area (Å²) in [5.74, 6) is 1.18. The maximum absolute atomic E-state index is 12.7. The summed E-state index contributed by atoms with van der Waals surface area (Å²) in [6.45, 7) is 1.52. The standard InChI is InChI=1S/C18H21ClN4O/c1-20-17-9-8-14(21-22-17)11-13-5-4-10-23(12-13)18(24)15-6-2-3-7-16(15)19/h2-3,6-9,13H,4-5,10-12H2,1H3,(H,20,22)/t13-/m1/s1. The zero-order valence-corrected chi connectivity index (χ0v) is 14.5. The molecular weight excluding hydrogens is 324 g/mol. The number of nitrogens with zero attached hydrogens (tertiary/aromatic N) is 3. The fourth-order valence-corrected chi connectivity index (χ4v) is 3.34. The minimum Gasteiger partial charge on any atom is -0.372 e. The van der Waals surface area contributed by atoms with E-state index in [4.69, 9.17) is 11.6 Å². The number of likely N-dealkylation sites (tertiary alicyclic amines) is 1. The molecule has 24 heavy (non-hydrogen) atoms. The van der Waals surface area contributed by atoms with Crippen molar-refractivity contribution >= 4 is 23.3 Å². The van der Waals surface area contributed by atoms with E-state index in [0.29, 0.717) is 16.5 Å². The van der Waals surface area contributed by atoms with Gasteiger partial charge in [0.25, 0.3) is 5.91 Å². The van der Waals surface area contributed by atoms with Gasteiger partial charge < -0.3 is 10.2 Å². The molecule has 2 heterocycles. The molecule has 1 atom stereocenters. The van der Waals surface area contributed by atoms with Crippen LogP contribution in [-0.4, -0.2) is 41.1 Å². The molecule has 1 aliphatic rings. The van der Waals surface area contributed by atoms with Crippen molar-refractivity contribution < 1.29 is 4.79 Å². The summed E-state index contributed by atoms with van der Waals surface area (Å²) in [7, 11) is 1.82. The number of hydrogen-bond donors (Lipinski definition) is 1. The van der Waals surface area contributed by atoms with E-state index in [2.05, 4.69) is 15.5 Å². The molecule has 1 saturated heterocycles. The quantitative estimate of drug-likeness (QED) is 0.924. The van der Waals surface area contributed by atoms with Crippen LogP contribution in [0.15, 0.2) is 36.4 Å². The molecule has 1 aliphatic heterocycles. The predicted octanol–water partition coefficient (Wildman–Crippen LogP) is 3.27. The third-order valence-electron chi connectivity index (χ3n) is 4.38. The Balaban J connectivity index is 1.65. The lowest BCUT2D eigenvalue weighted by atomic mass is 9.93. The molecule has 0 spiro atoms. The summed E-state index contributed by atoms with van der Waals surface area (Å²) >= 11 is 6.16. The molecule has 6 heteroatoms. The first-order chi connectivity index (χ1) is 11.7. The Labute approximate surface area is 147 Å². The summed E-state index contributed by atoms with van der Waals surface area (Å²) in [6.07, 6.45) is 2.94. The SMILES string of the molecule is CNc1ccc(C[C@H]2CCCN(C(=O)c3ccccc3Cl)C2)nn1. The molecule has 1 N–H and O–H groups in total. The molecule has 1 amide bonds. The number of carbonyl (C=O) groups is 1. The molecule has 2 aromatic rings. The average Bonchev–Trinajstić information content (AvgIpc) is 2.62. The van der Waals surface area contributed by atoms with Crippen molar-refractivity contribution in [2.75, 3.05) is 25.5 Å². The van der Waals surface area contributed by atoms with Crippen LogP contribution in [0.5, 0.6) is 0 Å². The number of carbonyl (C=O) groups excluding carboxylic acids is 1. The number of hydrogen-bond acceptors (Lipinski definition) is 4. The number of benzene rings is 1. The summed E-state index contributed by atoms with van der Waals surface area (Å²) in [6, 6.07) is 11.2. The number of rotatable bonds is 4. The molecule has 0 bridgehead atoms. The lowest BCUT2D eigenvalue weighted by molar-refractivity contribution is 0.0673. The summed E-state index contributed by atoms with van der Waals surface area (Å²) < 4.78 is 0. The van der Waals surface area contributed by atoms with Gasteiger partial charge in [-0.2, -0.15) is 5.10 Å². The number of nitrogens with one attached hydrogen (secondary N) is 1. The summed E-state index contributed by atoms with van der Waals surface area (Å²) in [5, 5.41) is 11.8. The van der Waals surface area contributed by atoms with Crippen molar-refractivity contribution in [3.05, 3.63) is 52.7 Å². The predicted molar refractivity (Wildman–Crippen MR) is 95.4 cm³/mol. The fraction of sp³-hybridized carbons (Fsp3) is 0.389. The van der Waals surface area contributed by atoms with E-state index in [1.165, 1.54) is 0 Å². The second-order valence-electron chi connectivity index (χ2n) is 6.10. The molecule has 3 rings (SSSR count). The molecule has 0 aliphatic carbocycles. The average molecular weight is 345 g/mol. The normalized spacial score (nSPS) is 17.6. The topological polar surface area (TPSA) is 58.1 Å². The van der Waals surface area contributed by atoms with Gasteiger partial charge in [-0.05, 0) is 49.4 Å². The monoisotopic (exact) mass is 344 g/mol. The van der Waals surface area contributed by atoms with E-state index in [9.17, 15) is 4.79 Å². The zero-order chi connectivity index (χ0) is 16.9. The van der Waals surface area contributed by atoms with Gasteiger partial charge in [-0.25, -0.2) is 0 Å². The molecule has 1 aromatic carbocycles. The van der Waals surface area contributed by atoms with Gasteiger partial charge in [0.2, 0.25) is 0 Å². The smallest absolute Gasteiger partial charge is 0.255 e. The molecule has 0 unspecified atom stereocenters. The highest BCUT2D eigenvalue weighted by Gasteiger charge is 2.26. The van der Waals surface area contributed by atoms with Gasteiger partial charge in [0.15, 0.2) is 0 Å². The van der Waals surface area contributed by atoms with E-state index in [1.54, 1.807) is 12.1 Å². The van der Waals surface area contributed by atoms with Crippen molar-refractivity contribution in [2.24, 2.45) is 5.92 Å². The minimum absolute atomic E-state index is 0.0157. The first kappa shape index (κ1) is 16.7. The number of anilines is 1. The minimum atomic E-state index is 0.0157. The number of amides is 1. The van der Waals surface area contributed by atoms with Crippen molar-refractivity contribution in [3.63, 3.8) is 0 Å². The van der Waals surface area contributed by atoms with Crippen LogP contribution in [0.2, 0.25) is 5.02 Å². The van der Waals surface area contributed by atoms with Crippen LogP contribution in [0, 0.1) is 5.92 Å². The Bertz CT molecular complexity index is 704. The highest BCUT2D eigenvalue weighted by molar-refractivity contribution is 6.33.